The van der Waals surface area contributed by atoms with Crippen LogP contribution >= 0.6 is 0 Å². The van der Waals surface area contributed by atoms with Crippen LogP contribution in [0.1, 0.15) is 64.0 Å². The monoisotopic (exact) mass is 302 g/mol. The van der Waals surface area contributed by atoms with Crippen molar-refractivity contribution < 1.29 is 0 Å². The van der Waals surface area contributed by atoms with Gasteiger partial charge in [-0.25, -0.2) is 0 Å². The molecule has 0 radical (unpaired) electrons. The van der Waals surface area contributed by atoms with Gasteiger partial charge in [-0.3, -0.25) is 0 Å². The Morgan fingerprint density at radius 2 is 1.65 bits per heavy atom. The maximum Gasteiger partial charge on any atom is 0.0310 e. The molecule has 0 spiro atoms. The zero-order valence-electron chi connectivity index (χ0n) is 14.7. The maximum atomic E-state index is 2.45. The van der Waals surface area contributed by atoms with Gasteiger partial charge >= 0.3 is 0 Å². The summed E-state index contributed by atoms with van der Waals surface area (Å²) in [5, 5.41) is 0. The van der Waals surface area contributed by atoms with Gasteiger partial charge in [-0.1, -0.05) is 74.4 Å². The van der Waals surface area contributed by atoms with Gasteiger partial charge < -0.3 is 0 Å². The van der Waals surface area contributed by atoms with Crippen LogP contribution in [0.25, 0.3) is 0 Å². The number of benzene rings is 1. The minimum absolute atomic E-state index is 0.221. The van der Waals surface area contributed by atoms with E-state index in [9.17, 15) is 0 Å². The van der Waals surface area contributed by atoms with E-state index >= 15 is 0 Å². The molecular weight excluding hydrogens is 276 g/mol. The van der Waals surface area contributed by atoms with Crippen molar-refractivity contribution in [3.05, 3.63) is 81.5 Å². The second-order valence-corrected chi connectivity index (χ2v) is 8.30. The molecule has 23 heavy (non-hydrogen) atoms. The average Bonchev–Trinajstić information content (AvgIpc) is 3.08. The topological polar surface area (TPSA) is 0 Å². The van der Waals surface area contributed by atoms with Gasteiger partial charge in [-0.2, -0.15) is 0 Å². The van der Waals surface area contributed by atoms with Crippen molar-refractivity contribution in [3.8, 4) is 0 Å². The summed E-state index contributed by atoms with van der Waals surface area (Å²) in [6, 6.07) is 9.40. The van der Waals surface area contributed by atoms with Crippen LogP contribution < -0.4 is 0 Å². The van der Waals surface area contributed by atoms with Crippen LogP contribution in [0.3, 0.4) is 0 Å². The normalized spacial score (nSPS) is 23.3. The van der Waals surface area contributed by atoms with E-state index in [4.69, 9.17) is 0 Å². The Kier molecular flexibility index (Phi) is 3.27. The van der Waals surface area contributed by atoms with Crippen LogP contribution in [0.15, 0.2) is 70.4 Å². The molecule has 0 N–H and O–H groups in total. The molecule has 0 heterocycles. The Morgan fingerprint density at radius 1 is 0.913 bits per heavy atom. The highest BCUT2D eigenvalue weighted by molar-refractivity contribution is 5.65. The molecule has 1 unspecified atom stereocenters. The Morgan fingerprint density at radius 3 is 2.35 bits per heavy atom. The number of hydrogen-bond donors (Lipinski definition) is 0. The fraction of sp³-hybridized carbons (Fsp3) is 0.391. The third-order valence-electron chi connectivity index (χ3n) is 5.50. The van der Waals surface area contributed by atoms with E-state index in [0.29, 0.717) is 5.92 Å². The molecule has 0 heteroatoms. The third-order valence-corrected chi connectivity index (χ3v) is 5.50. The van der Waals surface area contributed by atoms with Crippen molar-refractivity contribution in [3.63, 3.8) is 0 Å². The molecule has 0 saturated carbocycles. The maximum absolute atomic E-state index is 2.45. The Labute approximate surface area is 140 Å². The van der Waals surface area contributed by atoms with E-state index in [2.05, 4.69) is 70.2 Å². The first-order valence-electron chi connectivity index (χ1n) is 8.88. The van der Waals surface area contributed by atoms with E-state index in [1.165, 1.54) is 47.1 Å². The lowest BCUT2D eigenvalue weighted by molar-refractivity contribution is 0.590. The molecule has 0 fully saturated rings. The summed E-state index contributed by atoms with van der Waals surface area (Å²) in [5.41, 5.74) is 10.7. The second kappa shape index (κ2) is 5.09. The van der Waals surface area contributed by atoms with Gasteiger partial charge in [-0.05, 0) is 59.4 Å². The molecule has 0 bridgehead atoms. The zero-order chi connectivity index (χ0) is 16.2. The van der Waals surface area contributed by atoms with Crippen LogP contribution in [-0.4, -0.2) is 0 Å². The Hall–Kier alpha value is -1.82. The summed E-state index contributed by atoms with van der Waals surface area (Å²) in [5.74, 6) is 0.482. The average molecular weight is 302 g/mol. The predicted molar refractivity (Wildman–Crippen MR) is 98.7 cm³/mol. The van der Waals surface area contributed by atoms with E-state index in [0.717, 1.165) is 0 Å². The molecule has 0 aliphatic heterocycles. The van der Waals surface area contributed by atoms with E-state index in [1.807, 2.05) is 0 Å². The standard InChI is InChI=1S/C23H26/c1-15-12-18-14-17-6-5-7-20(17)22(21(18)13-15)16-8-10-19(11-9-16)23(2,3)4/h8-14,22H,5-7H2,1-4H3. The van der Waals surface area contributed by atoms with Gasteiger partial charge in [0.1, 0.15) is 0 Å². The first kappa shape index (κ1) is 14.8. The van der Waals surface area contributed by atoms with Crippen molar-refractivity contribution in [2.24, 2.45) is 0 Å². The van der Waals surface area contributed by atoms with Crippen molar-refractivity contribution in [1.29, 1.82) is 0 Å². The molecule has 3 aliphatic rings. The number of fused-ring (bicyclic) bond motifs is 1. The third kappa shape index (κ3) is 2.45. The van der Waals surface area contributed by atoms with Crippen LogP contribution in [0.2, 0.25) is 0 Å². The van der Waals surface area contributed by atoms with Gasteiger partial charge in [-0.15, -0.1) is 0 Å². The van der Waals surface area contributed by atoms with Crippen LogP contribution in [0, 0.1) is 0 Å². The summed E-state index contributed by atoms with van der Waals surface area (Å²) in [7, 11) is 0. The smallest absolute Gasteiger partial charge is 0.0310 e. The van der Waals surface area contributed by atoms with Crippen molar-refractivity contribution in [1.82, 2.24) is 0 Å². The van der Waals surface area contributed by atoms with E-state index < -0.39 is 0 Å². The van der Waals surface area contributed by atoms with Crippen LogP contribution in [-0.2, 0) is 5.41 Å². The lowest BCUT2D eigenvalue weighted by Crippen LogP contribution is -2.13. The first-order chi connectivity index (χ1) is 10.9. The molecule has 118 valence electrons. The highest BCUT2D eigenvalue weighted by atomic mass is 14.4. The summed E-state index contributed by atoms with van der Waals surface area (Å²) < 4.78 is 0. The molecule has 4 rings (SSSR count). The molecule has 1 atom stereocenters. The van der Waals surface area contributed by atoms with Gasteiger partial charge in [0.05, 0.1) is 0 Å². The molecule has 0 amide bonds. The van der Waals surface area contributed by atoms with Gasteiger partial charge in [0.25, 0.3) is 0 Å². The lowest BCUT2D eigenvalue weighted by atomic mass is 9.76. The van der Waals surface area contributed by atoms with Crippen molar-refractivity contribution in [2.75, 3.05) is 0 Å². The summed E-state index contributed by atoms with van der Waals surface area (Å²) in [4.78, 5) is 0. The largest absolute Gasteiger partial charge is 0.0582 e. The molecule has 3 aliphatic carbocycles. The molecular formula is C23H26. The number of rotatable bonds is 1. The van der Waals surface area contributed by atoms with Gasteiger partial charge in [0.15, 0.2) is 0 Å². The fourth-order valence-electron chi connectivity index (χ4n) is 4.29. The highest BCUT2D eigenvalue weighted by Crippen LogP contribution is 2.50. The summed E-state index contributed by atoms with van der Waals surface area (Å²) >= 11 is 0. The van der Waals surface area contributed by atoms with Gasteiger partial charge in [0, 0.05) is 5.92 Å². The Bertz CT molecular complexity index is 770. The first-order valence-corrected chi connectivity index (χ1v) is 8.88. The SMILES string of the molecule is CC1=CC2=CC3=C(CCC3)C(c3ccc(C(C)(C)C)cc3)C2=C1. The summed E-state index contributed by atoms with van der Waals surface area (Å²) in [6.07, 6.45) is 11.0. The minimum Gasteiger partial charge on any atom is -0.0582 e. The van der Waals surface area contributed by atoms with E-state index in [1.54, 1.807) is 11.1 Å². The minimum atomic E-state index is 0.221. The van der Waals surface area contributed by atoms with Crippen molar-refractivity contribution >= 4 is 0 Å². The highest BCUT2D eigenvalue weighted by Gasteiger charge is 2.32. The Balaban J connectivity index is 1.78. The summed E-state index contributed by atoms with van der Waals surface area (Å²) in [6.45, 7) is 9.08. The zero-order valence-corrected chi connectivity index (χ0v) is 14.7. The lowest BCUT2D eigenvalue weighted by Gasteiger charge is -2.28. The van der Waals surface area contributed by atoms with Crippen molar-refractivity contribution in [2.45, 2.75) is 58.3 Å². The number of allylic oxidation sites excluding steroid dienone is 8. The molecule has 1 aromatic carbocycles. The van der Waals surface area contributed by atoms with E-state index in [-0.39, 0.29) is 5.41 Å². The quantitative estimate of drug-likeness (QED) is 0.565. The van der Waals surface area contributed by atoms with Crippen LogP contribution in [0.5, 0.6) is 0 Å². The molecule has 0 aromatic heterocycles. The predicted octanol–water partition coefficient (Wildman–Crippen LogP) is 6.37. The number of hydrogen-bond acceptors (Lipinski definition) is 0. The molecule has 0 nitrogen and oxygen atoms in total. The second-order valence-electron chi connectivity index (χ2n) is 8.30. The molecule has 1 aromatic rings. The molecule has 0 saturated heterocycles. The van der Waals surface area contributed by atoms with Gasteiger partial charge in [0.2, 0.25) is 0 Å². The fourth-order valence-corrected chi connectivity index (χ4v) is 4.29. The van der Waals surface area contributed by atoms with Crippen LogP contribution in [0.4, 0.5) is 0 Å².